The molecule has 3 heteroatoms. The van der Waals surface area contributed by atoms with Crippen molar-refractivity contribution in [3.8, 4) is 11.8 Å². The average Bonchev–Trinajstić information content (AvgIpc) is 2.65. The van der Waals surface area contributed by atoms with E-state index in [1.165, 1.54) is 23.4 Å². The lowest BCUT2D eigenvalue weighted by Crippen LogP contribution is -2.24. The number of benzene rings is 2. The maximum absolute atomic E-state index is 11.6. The lowest BCUT2D eigenvalue weighted by atomic mass is 9.90. The Balaban J connectivity index is 1.87. The molecule has 0 heterocycles. The highest BCUT2D eigenvalue weighted by Gasteiger charge is 2.27. The van der Waals surface area contributed by atoms with Crippen LogP contribution in [0.1, 0.15) is 38.8 Å². The monoisotopic (exact) mass is 349 g/mol. The van der Waals surface area contributed by atoms with E-state index in [4.69, 9.17) is 4.74 Å². The topological polar surface area (TPSA) is 38.3 Å². The van der Waals surface area contributed by atoms with Crippen LogP contribution in [-0.2, 0) is 9.53 Å². The van der Waals surface area contributed by atoms with Crippen LogP contribution < -0.4 is 5.32 Å². The quantitative estimate of drug-likeness (QED) is 0.610. The summed E-state index contributed by atoms with van der Waals surface area (Å²) in [6, 6.07) is 15.1. The number of esters is 1. The summed E-state index contributed by atoms with van der Waals surface area (Å²) in [5.41, 5.74) is 0.721. The molecule has 0 bridgehead atoms. The van der Waals surface area contributed by atoms with Gasteiger partial charge in [0.15, 0.2) is 0 Å². The van der Waals surface area contributed by atoms with Crippen molar-refractivity contribution in [1.29, 1.82) is 0 Å². The van der Waals surface area contributed by atoms with Crippen molar-refractivity contribution in [2.24, 2.45) is 5.41 Å². The van der Waals surface area contributed by atoms with Crippen molar-refractivity contribution in [2.75, 3.05) is 13.7 Å². The first-order valence-electron chi connectivity index (χ1n) is 8.88. The van der Waals surface area contributed by atoms with Gasteiger partial charge in [0.1, 0.15) is 0 Å². The van der Waals surface area contributed by atoms with E-state index in [0.717, 1.165) is 6.54 Å². The molecule has 0 aliphatic heterocycles. The Bertz CT molecular complexity index is 835. The van der Waals surface area contributed by atoms with Crippen LogP contribution in [0.3, 0.4) is 0 Å². The third-order valence-corrected chi connectivity index (χ3v) is 4.40. The molecule has 1 atom stereocenters. The lowest BCUT2D eigenvalue weighted by molar-refractivity contribution is -0.150. The predicted octanol–water partition coefficient (Wildman–Crippen LogP) is 4.64. The summed E-state index contributed by atoms with van der Waals surface area (Å²) < 4.78 is 4.77. The number of carbonyl (C=O) groups is 1. The van der Waals surface area contributed by atoms with Crippen molar-refractivity contribution < 1.29 is 9.53 Å². The van der Waals surface area contributed by atoms with E-state index in [2.05, 4.69) is 66.5 Å². The molecule has 0 aromatic heterocycles. The molecule has 2 rings (SSSR count). The highest BCUT2D eigenvalue weighted by Crippen LogP contribution is 2.24. The van der Waals surface area contributed by atoms with Crippen LogP contribution in [0, 0.1) is 17.3 Å². The number of carbonyl (C=O) groups excluding carboxylic acids is 1. The zero-order valence-corrected chi connectivity index (χ0v) is 16.0. The number of rotatable bonds is 6. The maximum atomic E-state index is 11.6. The summed E-state index contributed by atoms with van der Waals surface area (Å²) in [6.45, 7) is 6.58. The molecule has 0 spiro atoms. The molecule has 0 fully saturated rings. The molecule has 0 amide bonds. The number of ether oxygens (including phenoxy) is 1. The zero-order valence-electron chi connectivity index (χ0n) is 16.0. The third kappa shape index (κ3) is 5.21. The number of methoxy groups -OCH3 is 1. The van der Waals surface area contributed by atoms with Gasteiger partial charge in [-0.1, -0.05) is 60.4 Å². The van der Waals surface area contributed by atoms with Gasteiger partial charge < -0.3 is 10.1 Å². The Morgan fingerprint density at radius 3 is 2.73 bits per heavy atom. The van der Waals surface area contributed by atoms with Gasteiger partial charge in [-0.05, 0) is 43.2 Å². The number of hydrogen-bond acceptors (Lipinski definition) is 3. The lowest BCUT2D eigenvalue weighted by Gasteiger charge is -2.17. The summed E-state index contributed by atoms with van der Waals surface area (Å²) in [5.74, 6) is 5.77. The smallest absolute Gasteiger partial charge is 0.312 e. The first-order chi connectivity index (χ1) is 12.5. The highest BCUT2D eigenvalue weighted by molar-refractivity contribution is 5.86. The van der Waals surface area contributed by atoms with E-state index in [-0.39, 0.29) is 12.0 Å². The number of allylic oxidation sites excluding steroid dienone is 1. The molecule has 0 aliphatic rings. The summed E-state index contributed by atoms with van der Waals surface area (Å²) in [7, 11) is 1.40. The van der Waals surface area contributed by atoms with Gasteiger partial charge in [-0.25, -0.2) is 0 Å². The highest BCUT2D eigenvalue weighted by atomic mass is 16.5. The minimum atomic E-state index is -0.573. The Morgan fingerprint density at radius 2 is 1.96 bits per heavy atom. The van der Waals surface area contributed by atoms with E-state index in [0.29, 0.717) is 6.42 Å². The molecule has 0 saturated carbocycles. The van der Waals surface area contributed by atoms with Gasteiger partial charge in [0.2, 0.25) is 0 Å². The maximum Gasteiger partial charge on any atom is 0.312 e. The number of nitrogens with one attached hydrogen (secondary N) is 1. The normalized spacial score (nSPS) is 12.6. The molecule has 2 aromatic carbocycles. The van der Waals surface area contributed by atoms with Gasteiger partial charge in [0.25, 0.3) is 0 Å². The Kier molecular flexibility index (Phi) is 7.00. The first-order valence-corrected chi connectivity index (χ1v) is 8.88. The van der Waals surface area contributed by atoms with Crippen molar-refractivity contribution in [1.82, 2.24) is 5.32 Å². The molecule has 0 saturated heterocycles. The summed E-state index contributed by atoms with van der Waals surface area (Å²) >= 11 is 0. The molecule has 2 aromatic rings. The van der Waals surface area contributed by atoms with E-state index in [1.54, 1.807) is 0 Å². The molecule has 0 aliphatic carbocycles. The van der Waals surface area contributed by atoms with E-state index in [1.807, 2.05) is 26.0 Å². The van der Waals surface area contributed by atoms with Crippen molar-refractivity contribution in [2.45, 2.75) is 33.2 Å². The summed E-state index contributed by atoms with van der Waals surface area (Å²) in [6.07, 6.45) is 4.31. The van der Waals surface area contributed by atoms with Crippen molar-refractivity contribution >= 4 is 16.7 Å². The Labute approximate surface area is 156 Å². The van der Waals surface area contributed by atoms with Gasteiger partial charge in [-0.3, -0.25) is 4.79 Å². The van der Waals surface area contributed by atoms with Crippen LogP contribution in [0.15, 0.2) is 54.6 Å². The van der Waals surface area contributed by atoms with Gasteiger partial charge in [0.05, 0.1) is 12.5 Å². The average molecular weight is 349 g/mol. The van der Waals surface area contributed by atoms with Crippen LogP contribution in [0.5, 0.6) is 0 Å². The minimum absolute atomic E-state index is 0.235. The number of fused-ring (bicyclic) bond motifs is 1. The SMILES string of the molecule is COC(=O)C(C)(C)CC#CC=CCN[C@H](C)c1cccc2ccccc12. The second kappa shape index (κ2) is 9.22. The van der Waals surface area contributed by atoms with E-state index in [9.17, 15) is 4.79 Å². The van der Waals surface area contributed by atoms with Gasteiger partial charge in [0, 0.05) is 19.0 Å². The summed E-state index contributed by atoms with van der Waals surface area (Å²) in [5, 5.41) is 6.04. The van der Waals surface area contributed by atoms with E-state index >= 15 is 0 Å². The second-order valence-electron chi connectivity index (χ2n) is 6.97. The Hall–Kier alpha value is -2.57. The van der Waals surface area contributed by atoms with Gasteiger partial charge >= 0.3 is 5.97 Å². The number of hydrogen-bond donors (Lipinski definition) is 1. The molecule has 136 valence electrons. The van der Waals surface area contributed by atoms with Crippen LogP contribution >= 0.6 is 0 Å². The predicted molar refractivity (Wildman–Crippen MR) is 108 cm³/mol. The standard InChI is InChI=1S/C23H27NO2/c1-18(20-15-11-13-19-12-7-8-14-21(19)20)24-17-10-6-5-9-16-23(2,3)22(25)26-4/h6-8,10-15,18,24H,16-17H2,1-4H3/t18-/m1/s1. The van der Waals surface area contributed by atoms with Crippen LogP contribution in [0.4, 0.5) is 0 Å². The molecule has 26 heavy (non-hydrogen) atoms. The van der Waals surface area contributed by atoms with Crippen molar-refractivity contribution in [3.63, 3.8) is 0 Å². The van der Waals surface area contributed by atoms with Gasteiger partial charge in [-0.15, -0.1) is 0 Å². The van der Waals surface area contributed by atoms with Gasteiger partial charge in [-0.2, -0.15) is 0 Å². The molecule has 3 nitrogen and oxygen atoms in total. The second-order valence-corrected chi connectivity index (χ2v) is 6.97. The molecule has 0 unspecified atom stereocenters. The van der Waals surface area contributed by atoms with Crippen LogP contribution in [0.2, 0.25) is 0 Å². The largest absolute Gasteiger partial charge is 0.469 e. The minimum Gasteiger partial charge on any atom is -0.469 e. The zero-order chi connectivity index (χ0) is 19.0. The Morgan fingerprint density at radius 1 is 1.23 bits per heavy atom. The fourth-order valence-electron chi connectivity index (χ4n) is 2.78. The first kappa shape index (κ1) is 19.8. The fraction of sp³-hybridized carbons (Fsp3) is 0.348. The molecular formula is C23H27NO2. The van der Waals surface area contributed by atoms with Crippen molar-refractivity contribution in [3.05, 3.63) is 60.2 Å². The van der Waals surface area contributed by atoms with Crippen LogP contribution in [0.25, 0.3) is 10.8 Å². The summed E-state index contributed by atoms with van der Waals surface area (Å²) in [4.78, 5) is 11.6. The molecule has 0 radical (unpaired) electrons. The molecule has 1 N–H and O–H groups in total. The molecular weight excluding hydrogens is 322 g/mol. The van der Waals surface area contributed by atoms with E-state index < -0.39 is 5.41 Å². The fourth-order valence-corrected chi connectivity index (χ4v) is 2.78. The van der Waals surface area contributed by atoms with Crippen LogP contribution in [-0.4, -0.2) is 19.6 Å². The third-order valence-electron chi connectivity index (χ3n) is 4.40.